The molecular formula is C26H33NO7. The number of carbonyl (C=O) groups excluding carboxylic acids is 3. The SMILES string of the molecule is CCCOc1ccc([C@@H]2C(C(=O)OCC)=C(C)NC3=C2C(=O)[C@@H](C(=O)OC)[C@@H](C)C3)cc1OC. The molecule has 8 heteroatoms. The van der Waals surface area contributed by atoms with Crippen molar-refractivity contribution in [3.8, 4) is 11.5 Å². The predicted molar refractivity (Wildman–Crippen MR) is 125 cm³/mol. The lowest BCUT2D eigenvalue weighted by Crippen LogP contribution is -2.43. The Labute approximate surface area is 200 Å². The molecule has 0 amide bonds. The number of hydrogen-bond acceptors (Lipinski definition) is 8. The number of esters is 2. The zero-order valence-electron chi connectivity index (χ0n) is 20.7. The number of ketones is 1. The van der Waals surface area contributed by atoms with Crippen LogP contribution < -0.4 is 14.8 Å². The molecular weight excluding hydrogens is 438 g/mol. The van der Waals surface area contributed by atoms with Gasteiger partial charge in [-0.3, -0.25) is 9.59 Å². The van der Waals surface area contributed by atoms with Gasteiger partial charge in [0.15, 0.2) is 17.3 Å². The van der Waals surface area contributed by atoms with E-state index in [-0.39, 0.29) is 18.3 Å². The van der Waals surface area contributed by atoms with Crippen molar-refractivity contribution in [2.24, 2.45) is 11.8 Å². The van der Waals surface area contributed by atoms with E-state index in [2.05, 4.69) is 5.32 Å². The summed E-state index contributed by atoms with van der Waals surface area (Å²) < 4.78 is 21.6. The van der Waals surface area contributed by atoms with E-state index >= 15 is 0 Å². The van der Waals surface area contributed by atoms with Crippen LogP contribution in [-0.4, -0.2) is 45.2 Å². The first-order valence-electron chi connectivity index (χ1n) is 11.6. The summed E-state index contributed by atoms with van der Waals surface area (Å²) in [6, 6.07) is 5.37. The van der Waals surface area contributed by atoms with E-state index in [1.165, 1.54) is 7.11 Å². The van der Waals surface area contributed by atoms with Crippen molar-refractivity contribution in [1.29, 1.82) is 0 Å². The van der Waals surface area contributed by atoms with Gasteiger partial charge in [-0.15, -0.1) is 0 Å². The van der Waals surface area contributed by atoms with Crippen LogP contribution in [-0.2, 0) is 23.9 Å². The van der Waals surface area contributed by atoms with Gasteiger partial charge in [0.05, 0.1) is 33.0 Å². The summed E-state index contributed by atoms with van der Waals surface area (Å²) in [6.45, 7) is 8.10. The molecule has 34 heavy (non-hydrogen) atoms. The number of ether oxygens (including phenoxy) is 4. The van der Waals surface area contributed by atoms with Crippen LogP contribution in [0.1, 0.15) is 52.0 Å². The van der Waals surface area contributed by atoms with Crippen molar-refractivity contribution < 1.29 is 33.3 Å². The second-order valence-corrected chi connectivity index (χ2v) is 8.51. The highest BCUT2D eigenvalue weighted by Gasteiger charge is 2.47. The summed E-state index contributed by atoms with van der Waals surface area (Å²) in [5.41, 5.74) is 2.70. The van der Waals surface area contributed by atoms with E-state index in [1.807, 2.05) is 19.9 Å². The summed E-state index contributed by atoms with van der Waals surface area (Å²) in [7, 11) is 2.82. The molecule has 1 aromatic carbocycles. The lowest BCUT2D eigenvalue weighted by molar-refractivity contribution is -0.151. The number of nitrogens with one attached hydrogen (secondary N) is 1. The van der Waals surface area contributed by atoms with Crippen LogP contribution in [0.3, 0.4) is 0 Å². The average molecular weight is 472 g/mol. The molecule has 1 N–H and O–H groups in total. The zero-order valence-corrected chi connectivity index (χ0v) is 20.7. The summed E-state index contributed by atoms with van der Waals surface area (Å²) >= 11 is 0. The molecule has 0 aromatic heterocycles. The Kier molecular flexibility index (Phi) is 8.02. The van der Waals surface area contributed by atoms with Crippen molar-refractivity contribution in [2.45, 2.75) is 46.5 Å². The van der Waals surface area contributed by atoms with Gasteiger partial charge in [-0.05, 0) is 50.3 Å². The fraction of sp³-hybridized carbons (Fsp3) is 0.500. The molecule has 3 rings (SSSR count). The van der Waals surface area contributed by atoms with Gasteiger partial charge >= 0.3 is 11.9 Å². The number of dihydropyridines is 1. The fourth-order valence-corrected chi connectivity index (χ4v) is 4.69. The number of Topliss-reactive ketones (excluding diaryl/α,β-unsaturated/α-hetero) is 1. The monoisotopic (exact) mass is 471 g/mol. The van der Waals surface area contributed by atoms with Crippen LogP contribution in [0.15, 0.2) is 40.7 Å². The van der Waals surface area contributed by atoms with Gasteiger partial charge in [-0.1, -0.05) is 19.9 Å². The van der Waals surface area contributed by atoms with E-state index in [4.69, 9.17) is 18.9 Å². The average Bonchev–Trinajstić information content (AvgIpc) is 2.81. The molecule has 184 valence electrons. The molecule has 1 heterocycles. The first kappa shape index (κ1) is 25.3. The lowest BCUT2D eigenvalue weighted by atomic mass is 9.69. The first-order chi connectivity index (χ1) is 16.3. The van der Waals surface area contributed by atoms with Gasteiger partial charge in [-0.2, -0.15) is 0 Å². The van der Waals surface area contributed by atoms with E-state index in [0.717, 1.165) is 6.42 Å². The molecule has 0 radical (unpaired) electrons. The molecule has 1 aliphatic heterocycles. The van der Waals surface area contributed by atoms with Gasteiger partial charge in [0.1, 0.15) is 5.92 Å². The number of rotatable bonds is 8. The third kappa shape index (κ3) is 4.67. The molecule has 0 fully saturated rings. The normalized spacial score (nSPS) is 22.1. The van der Waals surface area contributed by atoms with Crippen LogP contribution in [0.2, 0.25) is 0 Å². The minimum absolute atomic E-state index is 0.192. The van der Waals surface area contributed by atoms with Gasteiger partial charge in [-0.25, -0.2) is 4.79 Å². The number of hydrogen-bond donors (Lipinski definition) is 1. The molecule has 2 aliphatic rings. The molecule has 0 saturated heterocycles. The number of benzene rings is 1. The van der Waals surface area contributed by atoms with Gasteiger partial charge in [0.2, 0.25) is 0 Å². The highest BCUT2D eigenvalue weighted by Crippen LogP contribution is 2.46. The zero-order chi connectivity index (χ0) is 25.0. The van der Waals surface area contributed by atoms with Gasteiger partial charge < -0.3 is 24.3 Å². The van der Waals surface area contributed by atoms with Crippen molar-refractivity contribution in [3.63, 3.8) is 0 Å². The van der Waals surface area contributed by atoms with Crippen LogP contribution in [0.5, 0.6) is 11.5 Å². The Bertz CT molecular complexity index is 1040. The molecule has 3 atom stereocenters. The Morgan fingerprint density at radius 2 is 1.88 bits per heavy atom. The van der Waals surface area contributed by atoms with E-state index in [1.54, 1.807) is 33.1 Å². The Morgan fingerprint density at radius 3 is 2.50 bits per heavy atom. The first-order valence-corrected chi connectivity index (χ1v) is 11.6. The maximum Gasteiger partial charge on any atom is 0.336 e. The van der Waals surface area contributed by atoms with Crippen LogP contribution in [0.25, 0.3) is 0 Å². The Morgan fingerprint density at radius 1 is 1.15 bits per heavy atom. The highest BCUT2D eigenvalue weighted by molar-refractivity contribution is 6.12. The molecule has 1 aliphatic carbocycles. The second-order valence-electron chi connectivity index (χ2n) is 8.51. The highest BCUT2D eigenvalue weighted by atomic mass is 16.5. The summed E-state index contributed by atoms with van der Waals surface area (Å²) in [4.78, 5) is 39.3. The molecule has 1 aromatic rings. The van der Waals surface area contributed by atoms with Crippen molar-refractivity contribution in [3.05, 3.63) is 46.3 Å². The minimum Gasteiger partial charge on any atom is -0.493 e. The van der Waals surface area contributed by atoms with Crippen LogP contribution >= 0.6 is 0 Å². The van der Waals surface area contributed by atoms with E-state index in [9.17, 15) is 14.4 Å². The molecule has 0 spiro atoms. The number of allylic oxidation sites excluding steroid dienone is 3. The fourth-order valence-electron chi connectivity index (χ4n) is 4.69. The largest absolute Gasteiger partial charge is 0.493 e. The third-order valence-electron chi connectivity index (χ3n) is 6.22. The molecule has 8 nitrogen and oxygen atoms in total. The van der Waals surface area contributed by atoms with Crippen LogP contribution in [0.4, 0.5) is 0 Å². The van der Waals surface area contributed by atoms with Crippen molar-refractivity contribution >= 4 is 17.7 Å². The third-order valence-corrected chi connectivity index (χ3v) is 6.22. The molecule has 0 bridgehead atoms. The number of carbonyl (C=O) groups is 3. The van der Waals surface area contributed by atoms with E-state index in [0.29, 0.717) is 52.6 Å². The van der Waals surface area contributed by atoms with E-state index < -0.39 is 23.8 Å². The molecule has 0 saturated carbocycles. The summed E-state index contributed by atoms with van der Waals surface area (Å²) in [6.07, 6.45) is 1.31. The summed E-state index contributed by atoms with van der Waals surface area (Å²) in [5, 5.41) is 3.24. The van der Waals surface area contributed by atoms with Crippen LogP contribution in [0, 0.1) is 11.8 Å². The smallest absolute Gasteiger partial charge is 0.336 e. The number of methoxy groups -OCH3 is 2. The maximum atomic E-state index is 13.7. The maximum absolute atomic E-state index is 13.7. The van der Waals surface area contributed by atoms with Gasteiger partial charge in [0.25, 0.3) is 0 Å². The standard InChI is InChI=1S/C26H33NO7/c1-7-11-34-18-10-9-16(13-19(18)31-5)22-21(26(30)33-8-2)15(4)27-17-12-14(3)20(25(29)32-6)24(28)23(17)22/h9-10,13-14,20,22,27H,7-8,11-12H2,1-6H3/t14-,20-,22+/m0/s1. The Balaban J connectivity index is 2.19. The van der Waals surface area contributed by atoms with Crippen molar-refractivity contribution in [1.82, 2.24) is 5.32 Å². The van der Waals surface area contributed by atoms with Crippen molar-refractivity contribution in [2.75, 3.05) is 27.4 Å². The summed E-state index contributed by atoms with van der Waals surface area (Å²) in [5.74, 6) is -2.29. The Hall–Kier alpha value is -3.29. The second kappa shape index (κ2) is 10.8. The molecule has 0 unspecified atom stereocenters. The lowest BCUT2D eigenvalue weighted by Gasteiger charge is -2.38. The predicted octanol–water partition coefficient (Wildman–Crippen LogP) is 3.66. The topological polar surface area (TPSA) is 100 Å². The minimum atomic E-state index is -0.941. The van der Waals surface area contributed by atoms with Gasteiger partial charge in [0, 0.05) is 22.9 Å². The quantitative estimate of drug-likeness (QED) is 0.453.